The number of nitrogens with zero attached hydrogens (tertiary/aromatic N) is 2. The van der Waals surface area contributed by atoms with Crippen molar-refractivity contribution in [2.45, 2.75) is 38.5 Å². The Morgan fingerprint density at radius 3 is 2.19 bits per heavy atom. The maximum Gasteiger partial charge on any atom is 0.280 e. The number of carbonyl (C=O) groups is 1. The van der Waals surface area contributed by atoms with Gasteiger partial charge in [-0.05, 0) is 92.2 Å². The van der Waals surface area contributed by atoms with Crippen LogP contribution >= 0.6 is 23.2 Å². The molecule has 31 heavy (non-hydrogen) atoms. The summed E-state index contributed by atoms with van der Waals surface area (Å²) in [6.07, 6.45) is 9.44. The molecule has 5 aliphatic rings. The minimum Gasteiger partial charge on any atom is -0.267 e. The molecule has 0 aromatic heterocycles. The molecule has 0 spiro atoms. The van der Waals surface area contributed by atoms with Crippen molar-refractivity contribution in [1.82, 2.24) is 0 Å². The van der Waals surface area contributed by atoms with E-state index in [-0.39, 0.29) is 11.3 Å². The number of amides is 1. The fourth-order valence-electron chi connectivity index (χ4n) is 6.86. The molecule has 4 bridgehead atoms. The highest BCUT2D eigenvalue weighted by Crippen LogP contribution is 2.61. The standard InChI is InChI=1S/C26H24Cl2N2O/c27-20-7-6-19(23(28)12-20)11-22-24(29-30(25(22)31)21-4-2-1-3-5-21)26-13-16-8-17(14-26)10-18(9-16)15-26/h1-7,11-12,16-18H,8-10,13-15H2/b22-11-. The number of hydrazone groups is 1. The molecule has 2 aromatic carbocycles. The van der Waals surface area contributed by atoms with E-state index in [2.05, 4.69) is 0 Å². The second kappa shape index (κ2) is 7.21. The number of hydrogen-bond donors (Lipinski definition) is 0. The highest BCUT2D eigenvalue weighted by molar-refractivity contribution is 6.37. The number of benzene rings is 2. The first-order valence-electron chi connectivity index (χ1n) is 11.2. The third kappa shape index (κ3) is 3.25. The number of carbonyl (C=O) groups excluding carboxylic acids is 1. The quantitative estimate of drug-likeness (QED) is 0.463. The molecule has 1 heterocycles. The molecule has 4 saturated carbocycles. The summed E-state index contributed by atoms with van der Waals surface area (Å²) < 4.78 is 0. The van der Waals surface area contributed by atoms with Crippen LogP contribution in [0.4, 0.5) is 5.69 Å². The summed E-state index contributed by atoms with van der Waals surface area (Å²) >= 11 is 12.6. The van der Waals surface area contributed by atoms with Crippen molar-refractivity contribution in [3.8, 4) is 0 Å². The minimum absolute atomic E-state index is 0.0126. The van der Waals surface area contributed by atoms with Gasteiger partial charge in [0.1, 0.15) is 0 Å². The summed E-state index contributed by atoms with van der Waals surface area (Å²) in [5.41, 5.74) is 3.29. The number of hydrogen-bond acceptors (Lipinski definition) is 2. The molecule has 4 fully saturated rings. The summed E-state index contributed by atoms with van der Waals surface area (Å²) in [5.74, 6) is 2.25. The molecule has 0 N–H and O–H groups in total. The molecular weight excluding hydrogens is 427 g/mol. The molecule has 3 nitrogen and oxygen atoms in total. The Morgan fingerprint density at radius 1 is 0.935 bits per heavy atom. The second-order valence-corrected chi connectivity index (χ2v) is 10.7. The lowest BCUT2D eigenvalue weighted by molar-refractivity contribution is -0.114. The van der Waals surface area contributed by atoms with Gasteiger partial charge in [0.15, 0.2) is 0 Å². The van der Waals surface area contributed by atoms with E-state index in [4.69, 9.17) is 28.3 Å². The molecular formula is C26H24Cl2N2O. The van der Waals surface area contributed by atoms with Gasteiger partial charge in [0.05, 0.1) is 17.0 Å². The SMILES string of the molecule is O=C1/C(=C\c2ccc(Cl)cc2Cl)C(C23CC4CC(CC(C4)C2)C3)=NN1c1ccccc1. The third-order valence-electron chi connectivity index (χ3n) is 7.68. The monoisotopic (exact) mass is 450 g/mol. The van der Waals surface area contributed by atoms with Gasteiger partial charge in [-0.3, -0.25) is 4.79 Å². The van der Waals surface area contributed by atoms with Crippen LogP contribution in [0, 0.1) is 23.2 Å². The summed E-state index contributed by atoms with van der Waals surface area (Å²) in [6, 6.07) is 15.2. The maximum atomic E-state index is 13.7. The Hall–Kier alpha value is -2.10. The summed E-state index contributed by atoms with van der Waals surface area (Å²) in [6.45, 7) is 0. The average Bonchev–Trinajstić information content (AvgIpc) is 3.07. The van der Waals surface area contributed by atoms with Gasteiger partial charge in [-0.15, -0.1) is 0 Å². The van der Waals surface area contributed by atoms with E-state index in [0.29, 0.717) is 15.6 Å². The van der Waals surface area contributed by atoms with Crippen molar-refractivity contribution in [1.29, 1.82) is 0 Å². The molecule has 0 saturated heterocycles. The predicted octanol–water partition coefficient (Wildman–Crippen LogP) is 7.00. The van der Waals surface area contributed by atoms with Gasteiger partial charge in [-0.25, -0.2) is 0 Å². The number of rotatable bonds is 3. The van der Waals surface area contributed by atoms with Crippen molar-refractivity contribution in [2.75, 3.05) is 5.01 Å². The smallest absolute Gasteiger partial charge is 0.267 e. The van der Waals surface area contributed by atoms with Gasteiger partial charge in [0.2, 0.25) is 0 Å². The zero-order chi connectivity index (χ0) is 21.2. The Labute approximate surface area is 192 Å². The normalized spacial score (nSPS) is 32.8. The lowest BCUT2D eigenvalue weighted by Gasteiger charge is -2.56. The van der Waals surface area contributed by atoms with Crippen LogP contribution in [0.3, 0.4) is 0 Å². The lowest BCUT2D eigenvalue weighted by Crippen LogP contribution is -2.50. The van der Waals surface area contributed by atoms with Crippen LogP contribution in [0.2, 0.25) is 10.0 Å². The highest BCUT2D eigenvalue weighted by atomic mass is 35.5. The molecule has 5 heteroatoms. The third-order valence-corrected chi connectivity index (χ3v) is 8.24. The molecule has 0 atom stereocenters. The molecule has 0 unspecified atom stereocenters. The Morgan fingerprint density at radius 2 is 1.58 bits per heavy atom. The number of anilines is 1. The summed E-state index contributed by atoms with van der Waals surface area (Å²) in [4.78, 5) is 13.7. The second-order valence-electron chi connectivity index (χ2n) is 9.82. The van der Waals surface area contributed by atoms with Crippen LogP contribution < -0.4 is 5.01 Å². The first-order chi connectivity index (χ1) is 15.0. The molecule has 158 valence electrons. The van der Waals surface area contributed by atoms with E-state index in [1.165, 1.54) is 19.3 Å². The zero-order valence-electron chi connectivity index (χ0n) is 17.2. The van der Waals surface area contributed by atoms with Crippen LogP contribution in [-0.4, -0.2) is 11.6 Å². The van der Waals surface area contributed by atoms with Crippen LogP contribution in [0.1, 0.15) is 44.1 Å². The molecule has 1 aliphatic heterocycles. The highest BCUT2D eigenvalue weighted by Gasteiger charge is 2.56. The molecule has 7 rings (SSSR count). The van der Waals surface area contributed by atoms with Gasteiger partial charge in [0, 0.05) is 15.5 Å². The van der Waals surface area contributed by atoms with E-state index >= 15 is 0 Å². The van der Waals surface area contributed by atoms with Crippen LogP contribution in [0.15, 0.2) is 59.2 Å². The lowest BCUT2D eigenvalue weighted by atomic mass is 9.48. The van der Waals surface area contributed by atoms with Gasteiger partial charge >= 0.3 is 0 Å². The Kier molecular flexibility index (Phi) is 4.56. The number of para-hydroxylation sites is 1. The Bertz CT molecular complexity index is 1090. The van der Waals surface area contributed by atoms with Gasteiger partial charge in [-0.1, -0.05) is 47.5 Å². The predicted molar refractivity (Wildman–Crippen MR) is 126 cm³/mol. The van der Waals surface area contributed by atoms with Crippen molar-refractivity contribution >= 4 is 46.6 Å². The van der Waals surface area contributed by atoms with Crippen molar-refractivity contribution < 1.29 is 4.79 Å². The van der Waals surface area contributed by atoms with Gasteiger partial charge < -0.3 is 0 Å². The maximum absolute atomic E-state index is 13.7. The molecule has 2 aromatic rings. The van der Waals surface area contributed by atoms with Crippen LogP contribution in [-0.2, 0) is 4.79 Å². The first kappa shape index (κ1) is 19.6. The topological polar surface area (TPSA) is 32.7 Å². The van der Waals surface area contributed by atoms with E-state index in [1.807, 2.05) is 48.5 Å². The number of halogens is 2. The van der Waals surface area contributed by atoms with E-state index < -0.39 is 0 Å². The van der Waals surface area contributed by atoms with Crippen LogP contribution in [0.5, 0.6) is 0 Å². The van der Waals surface area contributed by atoms with Crippen molar-refractivity contribution in [3.63, 3.8) is 0 Å². The minimum atomic E-state index is -0.0667. The van der Waals surface area contributed by atoms with Crippen molar-refractivity contribution in [3.05, 3.63) is 69.7 Å². The zero-order valence-corrected chi connectivity index (χ0v) is 18.7. The molecule has 0 radical (unpaired) electrons. The van der Waals surface area contributed by atoms with Crippen LogP contribution in [0.25, 0.3) is 6.08 Å². The van der Waals surface area contributed by atoms with Gasteiger partial charge in [0.25, 0.3) is 5.91 Å². The Balaban J connectivity index is 1.48. The molecule has 4 aliphatic carbocycles. The molecule has 1 amide bonds. The first-order valence-corrected chi connectivity index (χ1v) is 11.9. The van der Waals surface area contributed by atoms with Gasteiger partial charge in [-0.2, -0.15) is 10.1 Å². The summed E-state index contributed by atoms with van der Waals surface area (Å²) in [5, 5.41) is 7.74. The van der Waals surface area contributed by atoms with Crippen molar-refractivity contribution in [2.24, 2.45) is 28.3 Å². The fraction of sp³-hybridized carbons (Fsp3) is 0.385. The summed E-state index contributed by atoms with van der Waals surface area (Å²) in [7, 11) is 0. The van der Waals surface area contributed by atoms with E-state index in [1.54, 1.807) is 11.1 Å². The van der Waals surface area contributed by atoms with E-state index in [9.17, 15) is 4.79 Å². The van der Waals surface area contributed by atoms with E-state index in [0.717, 1.165) is 54.0 Å². The average molecular weight is 451 g/mol. The fourth-order valence-corrected chi connectivity index (χ4v) is 7.32. The largest absolute Gasteiger partial charge is 0.280 e.